The summed E-state index contributed by atoms with van der Waals surface area (Å²) >= 11 is 1.40. The predicted molar refractivity (Wildman–Crippen MR) is 75.3 cm³/mol. The summed E-state index contributed by atoms with van der Waals surface area (Å²) in [6.45, 7) is 5.83. The van der Waals surface area contributed by atoms with Gasteiger partial charge >= 0.3 is 0 Å². The number of nitrogen functional groups attached to an aromatic ring is 1. The van der Waals surface area contributed by atoms with Crippen LogP contribution in [-0.2, 0) is 0 Å². The average Bonchev–Trinajstić information content (AvgIpc) is 2.74. The zero-order valence-corrected chi connectivity index (χ0v) is 11.8. The van der Waals surface area contributed by atoms with E-state index < -0.39 is 0 Å². The summed E-state index contributed by atoms with van der Waals surface area (Å²) in [7, 11) is 0. The molecule has 2 aromatic heterocycles. The van der Waals surface area contributed by atoms with Crippen LogP contribution in [0.15, 0.2) is 12.4 Å². The molecule has 0 unspecified atom stereocenters. The van der Waals surface area contributed by atoms with E-state index in [2.05, 4.69) is 20.3 Å². The van der Waals surface area contributed by atoms with Gasteiger partial charge in [-0.25, -0.2) is 15.0 Å². The lowest BCUT2D eigenvalue weighted by molar-refractivity contribution is 0.102. The first-order valence-electron chi connectivity index (χ1n) is 5.83. The smallest absolute Gasteiger partial charge is 0.278 e. The molecule has 0 aliphatic rings. The third-order valence-electron chi connectivity index (χ3n) is 2.41. The van der Waals surface area contributed by atoms with Crippen LogP contribution in [0, 0.1) is 6.92 Å². The SMILES string of the molecule is Cc1cnc(NC(=O)c2nc(C(C)C)ncc2N)s1. The minimum Gasteiger partial charge on any atom is -0.396 e. The Balaban J connectivity index is 2.25. The molecule has 0 radical (unpaired) electrons. The number of nitrogens with one attached hydrogen (secondary N) is 1. The normalized spacial score (nSPS) is 10.7. The number of anilines is 2. The highest BCUT2D eigenvalue weighted by Gasteiger charge is 2.16. The van der Waals surface area contributed by atoms with E-state index in [-0.39, 0.29) is 23.2 Å². The minimum absolute atomic E-state index is 0.134. The molecule has 2 heterocycles. The maximum absolute atomic E-state index is 12.1. The summed E-state index contributed by atoms with van der Waals surface area (Å²) in [6, 6.07) is 0. The number of hydrogen-bond donors (Lipinski definition) is 2. The standard InChI is InChI=1S/C12H15N5OS/c1-6(2)10-14-5-8(13)9(16-10)11(18)17-12-15-4-7(3)19-12/h4-6H,13H2,1-3H3,(H,15,17,18). The van der Waals surface area contributed by atoms with Crippen molar-refractivity contribution < 1.29 is 4.79 Å². The van der Waals surface area contributed by atoms with Gasteiger partial charge in [0, 0.05) is 17.0 Å². The van der Waals surface area contributed by atoms with Crippen LogP contribution >= 0.6 is 11.3 Å². The molecule has 19 heavy (non-hydrogen) atoms. The molecule has 0 aliphatic heterocycles. The van der Waals surface area contributed by atoms with Gasteiger partial charge in [-0.3, -0.25) is 10.1 Å². The Kier molecular flexibility index (Phi) is 3.75. The number of rotatable bonds is 3. The summed E-state index contributed by atoms with van der Waals surface area (Å²) in [5.41, 5.74) is 6.19. The highest BCUT2D eigenvalue weighted by Crippen LogP contribution is 2.19. The van der Waals surface area contributed by atoms with Gasteiger partial charge in [-0.1, -0.05) is 13.8 Å². The summed E-state index contributed by atoms with van der Waals surface area (Å²) in [5.74, 6) is 0.361. The predicted octanol–water partition coefficient (Wildman–Crippen LogP) is 2.20. The molecule has 6 nitrogen and oxygen atoms in total. The highest BCUT2D eigenvalue weighted by atomic mass is 32.1. The van der Waals surface area contributed by atoms with E-state index in [1.54, 1.807) is 6.20 Å². The fourth-order valence-corrected chi connectivity index (χ4v) is 2.09. The monoisotopic (exact) mass is 277 g/mol. The van der Waals surface area contributed by atoms with Crippen LogP contribution in [-0.4, -0.2) is 20.9 Å². The first-order chi connectivity index (χ1) is 8.97. The van der Waals surface area contributed by atoms with Gasteiger partial charge in [-0.05, 0) is 6.92 Å². The molecule has 7 heteroatoms. The Hall–Kier alpha value is -2.02. The second-order valence-electron chi connectivity index (χ2n) is 4.42. The zero-order valence-electron chi connectivity index (χ0n) is 11.0. The molecule has 1 amide bonds. The van der Waals surface area contributed by atoms with Gasteiger partial charge in [0.25, 0.3) is 5.91 Å². The lowest BCUT2D eigenvalue weighted by Gasteiger charge is -2.08. The highest BCUT2D eigenvalue weighted by molar-refractivity contribution is 7.15. The van der Waals surface area contributed by atoms with Crippen LogP contribution in [0.1, 0.15) is 41.0 Å². The number of amides is 1. The van der Waals surface area contributed by atoms with Crippen LogP contribution < -0.4 is 11.1 Å². The third-order valence-corrected chi connectivity index (χ3v) is 3.24. The van der Waals surface area contributed by atoms with E-state index in [9.17, 15) is 4.79 Å². The van der Waals surface area contributed by atoms with E-state index in [1.165, 1.54) is 17.5 Å². The first-order valence-corrected chi connectivity index (χ1v) is 6.65. The first kappa shape index (κ1) is 13.4. The lowest BCUT2D eigenvalue weighted by atomic mass is 10.2. The second-order valence-corrected chi connectivity index (χ2v) is 5.65. The molecule has 0 saturated carbocycles. The van der Waals surface area contributed by atoms with Gasteiger partial charge in [-0.15, -0.1) is 11.3 Å². The van der Waals surface area contributed by atoms with Crippen molar-refractivity contribution in [2.75, 3.05) is 11.1 Å². The number of nitrogens with zero attached hydrogens (tertiary/aromatic N) is 3. The largest absolute Gasteiger partial charge is 0.396 e. The summed E-state index contributed by atoms with van der Waals surface area (Å²) < 4.78 is 0. The number of aromatic nitrogens is 3. The Bertz CT molecular complexity index is 608. The van der Waals surface area contributed by atoms with Crippen molar-refractivity contribution >= 4 is 28.1 Å². The van der Waals surface area contributed by atoms with E-state index in [4.69, 9.17) is 5.73 Å². The van der Waals surface area contributed by atoms with Gasteiger partial charge in [0.05, 0.1) is 11.9 Å². The number of carbonyl (C=O) groups is 1. The van der Waals surface area contributed by atoms with Crippen molar-refractivity contribution in [3.8, 4) is 0 Å². The molecule has 100 valence electrons. The summed E-state index contributed by atoms with van der Waals surface area (Å²) in [5, 5.41) is 3.22. The Morgan fingerprint density at radius 1 is 1.37 bits per heavy atom. The van der Waals surface area contributed by atoms with Crippen molar-refractivity contribution in [1.29, 1.82) is 0 Å². The molecule has 0 saturated heterocycles. The number of hydrogen-bond acceptors (Lipinski definition) is 6. The Labute approximate surface area is 115 Å². The maximum atomic E-state index is 12.1. The van der Waals surface area contributed by atoms with Crippen LogP contribution in [0.4, 0.5) is 10.8 Å². The van der Waals surface area contributed by atoms with Crippen molar-refractivity contribution in [2.24, 2.45) is 0 Å². The molecule has 3 N–H and O–H groups in total. The molecule has 0 bridgehead atoms. The molecule has 2 aromatic rings. The topological polar surface area (TPSA) is 93.8 Å². The molecular formula is C12H15N5OS. The number of thiazole rings is 1. The molecule has 2 rings (SSSR count). The van der Waals surface area contributed by atoms with E-state index in [0.717, 1.165) is 4.88 Å². The van der Waals surface area contributed by atoms with Gasteiger partial charge in [0.15, 0.2) is 10.8 Å². The van der Waals surface area contributed by atoms with Crippen molar-refractivity contribution in [3.05, 3.63) is 28.8 Å². The van der Waals surface area contributed by atoms with Crippen LogP contribution in [0.25, 0.3) is 0 Å². The molecular weight excluding hydrogens is 262 g/mol. The summed E-state index contributed by atoms with van der Waals surface area (Å²) in [4.78, 5) is 25.5. The van der Waals surface area contributed by atoms with E-state index in [1.807, 2.05) is 20.8 Å². The molecule has 0 aliphatic carbocycles. The van der Waals surface area contributed by atoms with Crippen molar-refractivity contribution in [3.63, 3.8) is 0 Å². The lowest BCUT2D eigenvalue weighted by Crippen LogP contribution is -2.17. The van der Waals surface area contributed by atoms with Crippen LogP contribution in [0.2, 0.25) is 0 Å². The molecule has 0 spiro atoms. The molecule has 0 fully saturated rings. The summed E-state index contributed by atoms with van der Waals surface area (Å²) in [6.07, 6.45) is 3.16. The van der Waals surface area contributed by atoms with Crippen LogP contribution in [0.5, 0.6) is 0 Å². The van der Waals surface area contributed by atoms with Crippen LogP contribution in [0.3, 0.4) is 0 Å². The van der Waals surface area contributed by atoms with E-state index >= 15 is 0 Å². The number of aryl methyl sites for hydroxylation is 1. The van der Waals surface area contributed by atoms with Crippen molar-refractivity contribution in [1.82, 2.24) is 15.0 Å². The number of carbonyl (C=O) groups excluding carboxylic acids is 1. The van der Waals surface area contributed by atoms with Gasteiger partial charge in [0.1, 0.15) is 5.82 Å². The quantitative estimate of drug-likeness (QED) is 0.897. The third kappa shape index (κ3) is 3.05. The maximum Gasteiger partial charge on any atom is 0.278 e. The van der Waals surface area contributed by atoms with Gasteiger partial charge in [-0.2, -0.15) is 0 Å². The van der Waals surface area contributed by atoms with Gasteiger partial charge in [0.2, 0.25) is 0 Å². The van der Waals surface area contributed by atoms with E-state index in [0.29, 0.717) is 11.0 Å². The minimum atomic E-state index is -0.365. The Morgan fingerprint density at radius 2 is 2.11 bits per heavy atom. The molecule has 0 aromatic carbocycles. The van der Waals surface area contributed by atoms with Gasteiger partial charge < -0.3 is 5.73 Å². The fraction of sp³-hybridized carbons (Fsp3) is 0.333. The number of nitrogens with two attached hydrogens (primary N) is 1. The Morgan fingerprint density at radius 3 is 2.68 bits per heavy atom. The molecule has 0 atom stereocenters. The average molecular weight is 277 g/mol. The van der Waals surface area contributed by atoms with Crippen molar-refractivity contribution in [2.45, 2.75) is 26.7 Å². The fourth-order valence-electron chi connectivity index (χ4n) is 1.43. The zero-order chi connectivity index (χ0) is 14.0. The second kappa shape index (κ2) is 5.31.